The molecular formula is C21H27N5O2. The van der Waals surface area contributed by atoms with Crippen LogP contribution in [-0.2, 0) is 28.0 Å². The number of fused-ring (bicyclic) bond motifs is 2. The molecule has 4 rings (SSSR count). The van der Waals surface area contributed by atoms with Crippen LogP contribution in [0.2, 0.25) is 0 Å². The number of anilines is 1. The molecule has 1 amide bonds. The van der Waals surface area contributed by atoms with E-state index in [4.69, 9.17) is 10.5 Å². The van der Waals surface area contributed by atoms with Gasteiger partial charge in [0.25, 0.3) is 0 Å². The van der Waals surface area contributed by atoms with Gasteiger partial charge in [-0.15, -0.1) is 0 Å². The average Bonchev–Trinajstić information content (AvgIpc) is 2.73. The molecule has 2 aliphatic rings. The van der Waals surface area contributed by atoms with E-state index in [0.29, 0.717) is 26.1 Å². The van der Waals surface area contributed by atoms with Crippen molar-refractivity contribution in [1.29, 1.82) is 0 Å². The molecule has 0 atom stereocenters. The zero-order valence-corrected chi connectivity index (χ0v) is 16.1. The second-order valence-corrected chi connectivity index (χ2v) is 7.64. The van der Waals surface area contributed by atoms with Gasteiger partial charge >= 0.3 is 0 Å². The Morgan fingerprint density at radius 2 is 2.11 bits per heavy atom. The largest absolute Gasteiger partial charge is 0.368 e. The van der Waals surface area contributed by atoms with Crippen molar-refractivity contribution in [3.05, 3.63) is 47.5 Å². The van der Waals surface area contributed by atoms with Gasteiger partial charge < -0.3 is 15.4 Å². The highest BCUT2D eigenvalue weighted by Crippen LogP contribution is 2.40. The summed E-state index contributed by atoms with van der Waals surface area (Å²) in [5.74, 6) is 0.523. The number of hydrogen-bond donors (Lipinski definition) is 1. The fourth-order valence-electron chi connectivity index (χ4n) is 4.23. The van der Waals surface area contributed by atoms with Gasteiger partial charge in [0.1, 0.15) is 5.60 Å². The van der Waals surface area contributed by atoms with Crippen LogP contribution in [0.1, 0.15) is 48.9 Å². The summed E-state index contributed by atoms with van der Waals surface area (Å²) >= 11 is 0. The molecule has 0 saturated carbocycles. The van der Waals surface area contributed by atoms with E-state index in [1.807, 2.05) is 23.4 Å². The van der Waals surface area contributed by atoms with E-state index < -0.39 is 5.60 Å². The van der Waals surface area contributed by atoms with Crippen molar-refractivity contribution in [2.75, 3.05) is 25.4 Å². The Balaban J connectivity index is 1.29. The van der Waals surface area contributed by atoms with Crippen LogP contribution in [-0.4, -0.2) is 45.5 Å². The molecule has 0 aromatic carbocycles. The smallest absolute Gasteiger partial charge is 0.222 e. The predicted molar refractivity (Wildman–Crippen MR) is 105 cm³/mol. The van der Waals surface area contributed by atoms with Gasteiger partial charge in [-0.3, -0.25) is 9.78 Å². The Morgan fingerprint density at radius 1 is 1.25 bits per heavy atom. The van der Waals surface area contributed by atoms with Crippen LogP contribution in [0.25, 0.3) is 0 Å². The number of carbonyl (C=O) groups is 1. The fraction of sp³-hybridized carbons (Fsp3) is 0.524. The van der Waals surface area contributed by atoms with Crippen LogP contribution in [0.15, 0.2) is 30.7 Å². The highest BCUT2D eigenvalue weighted by atomic mass is 16.5. The number of amides is 1. The highest BCUT2D eigenvalue weighted by Gasteiger charge is 2.43. The lowest BCUT2D eigenvalue weighted by Gasteiger charge is -2.44. The third-order valence-corrected chi connectivity index (χ3v) is 5.82. The molecule has 7 heteroatoms. The molecule has 1 fully saturated rings. The molecule has 2 N–H and O–H groups in total. The van der Waals surface area contributed by atoms with Gasteiger partial charge in [0, 0.05) is 38.1 Å². The van der Waals surface area contributed by atoms with Crippen molar-refractivity contribution in [2.24, 2.45) is 0 Å². The SMILES string of the molecule is Nc1ncc2c(n1)C1(CCN(C(=O)CCCCc3cccnc3)CC1)OCC2. The third kappa shape index (κ3) is 3.99. The lowest BCUT2D eigenvalue weighted by molar-refractivity contribution is -0.141. The third-order valence-electron chi connectivity index (χ3n) is 5.82. The topological polar surface area (TPSA) is 94.2 Å². The number of unbranched alkanes of at least 4 members (excludes halogenated alkanes) is 1. The molecule has 0 unspecified atom stereocenters. The number of ether oxygens (including phenoxy) is 1. The number of carbonyl (C=O) groups excluding carboxylic acids is 1. The molecule has 2 aromatic heterocycles. The molecular weight excluding hydrogens is 354 g/mol. The zero-order valence-electron chi connectivity index (χ0n) is 16.1. The van der Waals surface area contributed by atoms with Gasteiger partial charge in [0.15, 0.2) is 0 Å². The van der Waals surface area contributed by atoms with Gasteiger partial charge in [-0.2, -0.15) is 0 Å². The lowest BCUT2D eigenvalue weighted by atomic mass is 9.83. The maximum atomic E-state index is 12.6. The minimum Gasteiger partial charge on any atom is -0.368 e. The summed E-state index contributed by atoms with van der Waals surface area (Å²) in [6, 6.07) is 4.03. The summed E-state index contributed by atoms with van der Waals surface area (Å²) in [4.78, 5) is 27.3. The first-order valence-electron chi connectivity index (χ1n) is 10.1. The number of nitrogen functional groups attached to an aromatic ring is 1. The summed E-state index contributed by atoms with van der Waals surface area (Å²) in [6.45, 7) is 2.07. The maximum absolute atomic E-state index is 12.6. The van der Waals surface area contributed by atoms with Gasteiger partial charge in [-0.1, -0.05) is 6.07 Å². The normalized spacial score (nSPS) is 18.1. The van der Waals surface area contributed by atoms with Crippen molar-refractivity contribution < 1.29 is 9.53 Å². The maximum Gasteiger partial charge on any atom is 0.222 e. The number of piperidine rings is 1. The number of pyridine rings is 1. The summed E-state index contributed by atoms with van der Waals surface area (Å²) in [6.07, 6.45) is 11.3. The summed E-state index contributed by atoms with van der Waals surface area (Å²) in [7, 11) is 0. The average molecular weight is 381 g/mol. The lowest BCUT2D eigenvalue weighted by Crippen LogP contribution is -2.49. The van der Waals surface area contributed by atoms with E-state index in [9.17, 15) is 4.79 Å². The van der Waals surface area contributed by atoms with Crippen LogP contribution in [0.4, 0.5) is 5.95 Å². The Bertz CT molecular complexity index is 819. The van der Waals surface area contributed by atoms with Gasteiger partial charge in [0.05, 0.1) is 12.3 Å². The molecule has 2 aromatic rings. The van der Waals surface area contributed by atoms with Crippen LogP contribution in [0, 0.1) is 0 Å². The van der Waals surface area contributed by atoms with Crippen molar-refractivity contribution in [1.82, 2.24) is 19.9 Å². The molecule has 28 heavy (non-hydrogen) atoms. The van der Waals surface area contributed by atoms with E-state index >= 15 is 0 Å². The van der Waals surface area contributed by atoms with E-state index in [2.05, 4.69) is 21.0 Å². The standard InChI is InChI=1S/C21H27N5O2/c22-20-24-15-17-7-13-28-21(19(17)25-20)8-11-26(12-9-21)18(27)6-2-1-4-16-5-3-10-23-14-16/h3,5,10,14-15H,1-2,4,6-9,11-13H2,(H2,22,24,25). The van der Waals surface area contributed by atoms with E-state index in [-0.39, 0.29) is 11.9 Å². The monoisotopic (exact) mass is 381 g/mol. The van der Waals surface area contributed by atoms with Crippen molar-refractivity contribution in [3.63, 3.8) is 0 Å². The van der Waals surface area contributed by atoms with Gasteiger partial charge in [-0.05, 0) is 55.7 Å². The number of nitrogens with two attached hydrogens (primary N) is 1. The first-order valence-corrected chi connectivity index (χ1v) is 10.1. The van der Waals surface area contributed by atoms with Crippen molar-refractivity contribution >= 4 is 11.9 Å². The predicted octanol–water partition coefficient (Wildman–Crippen LogP) is 2.26. The Labute approximate surface area is 165 Å². The number of aryl methyl sites for hydroxylation is 1. The van der Waals surface area contributed by atoms with Crippen LogP contribution < -0.4 is 5.73 Å². The zero-order chi connectivity index (χ0) is 19.4. The van der Waals surface area contributed by atoms with E-state index in [0.717, 1.165) is 49.8 Å². The summed E-state index contributed by atoms with van der Waals surface area (Å²) in [5, 5.41) is 0. The molecule has 4 heterocycles. The first-order chi connectivity index (χ1) is 13.7. The van der Waals surface area contributed by atoms with Crippen molar-refractivity contribution in [2.45, 2.75) is 50.5 Å². The number of nitrogens with zero attached hydrogens (tertiary/aromatic N) is 4. The quantitative estimate of drug-likeness (QED) is 0.799. The first kappa shape index (κ1) is 18.8. The van der Waals surface area contributed by atoms with Crippen LogP contribution >= 0.6 is 0 Å². The highest BCUT2D eigenvalue weighted by molar-refractivity contribution is 5.76. The molecule has 7 nitrogen and oxygen atoms in total. The minimum absolute atomic E-state index is 0.235. The molecule has 148 valence electrons. The second kappa shape index (κ2) is 8.22. The molecule has 2 aliphatic heterocycles. The van der Waals surface area contributed by atoms with Crippen LogP contribution in [0.3, 0.4) is 0 Å². The number of rotatable bonds is 5. The van der Waals surface area contributed by atoms with E-state index in [1.165, 1.54) is 5.56 Å². The Kier molecular flexibility index (Phi) is 5.52. The Morgan fingerprint density at radius 3 is 2.89 bits per heavy atom. The van der Waals surface area contributed by atoms with Gasteiger partial charge in [-0.25, -0.2) is 9.97 Å². The number of likely N-dealkylation sites (tertiary alicyclic amines) is 1. The fourth-order valence-corrected chi connectivity index (χ4v) is 4.23. The second-order valence-electron chi connectivity index (χ2n) is 7.64. The summed E-state index contributed by atoms with van der Waals surface area (Å²) < 4.78 is 6.17. The summed E-state index contributed by atoms with van der Waals surface area (Å²) in [5.41, 5.74) is 8.67. The molecule has 0 radical (unpaired) electrons. The molecule has 1 saturated heterocycles. The Hall–Kier alpha value is -2.54. The van der Waals surface area contributed by atoms with E-state index in [1.54, 1.807) is 6.20 Å². The number of hydrogen-bond acceptors (Lipinski definition) is 6. The number of aromatic nitrogens is 3. The van der Waals surface area contributed by atoms with Crippen molar-refractivity contribution in [3.8, 4) is 0 Å². The molecule has 0 aliphatic carbocycles. The van der Waals surface area contributed by atoms with Crippen LogP contribution in [0.5, 0.6) is 0 Å². The minimum atomic E-state index is -0.415. The molecule has 0 bridgehead atoms. The van der Waals surface area contributed by atoms with Gasteiger partial charge in [0.2, 0.25) is 11.9 Å². The molecule has 1 spiro atoms.